The van der Waals surface area contributed by atoms with Crippen LogP contribution < -0.4 is 5.32 Å². The summed E-state index contributed by atoms with van der Waals surface area (Å²) in [6, 6.07) is 3.64. The van der Waals surface area contributed by atoms with Crippen LogP contribution in [0.25, 0.3) is 0 Å². The highest BCUT2D eigenvalue weighted by molar-refractivity contribution is 6.00. The first-order valence-electron chi connectivity index (χ1n) is 6.10. The fraction of sp³-hybridized carbons (Fsp3) is 0.214. The molecule has 0 aliphatic carbocycles. The molecule has 0 saturated carbocycles. The Morgan fingerprint density at radius 3 is 2.70 bits per heavy atom. The van der Waals surface area contributed by atoms with Crippen LogP contribution in [-0.4, -0.2) is 27.0 Å². The molecular formula is C14H15N3O3. The van der Waals surface area contributed by atoms with Crippen molar-refractivity contribution in [3.63, 3.8) is 0 Å². The van der Waals surface area contributed by atoms with Gasteiger partial charge in [-0.15, -0.1) is 0 Å². The zero-order valence-electron chi connectivity index (χ0n) is 11.2. The number of carboxylic acids is 1. The van der Waals surface area contributed by atoms with Crippen LogP contribution in [0.15, 0.2) is 24.5 Å². The van der Waals surface area contributed by atoms with Gasteiger partial charge in [0.1, 0.15) is 5.69 Å². The first-order valence-corrected chi connectivity index (χ1v) is 6.10. The van der Waals surface area contributed by atoms with E-state index < -0.39 is 5.97 Å². The molecule has 6 heteroatoms. The van der Waals surface area contributed by atoms with Gasteiger partial charge in [-0.2, -0.15) is 0 Å². The first kappa shape index (κ1) is 13.8. The second-order valence-electron chi connectivity index (χ2n) is 4.47. The number of hydrogen-bond donors (Lipinski definition) is 3. The van der Waals surface area contributed by atoms with E-state index in [2.05, 4.69) is 15.3 Å². The third-order valence-corrected chi connectivity index (χ3v) is 3.05. The van der Waals surface area contributed by atoms with Crippen LogP contribution in [0.5, 0.6) is 0 Å². The molecule has 6 nitrogen and oxygen atoms in total. The number of aromatic carboxylic acids is 1. The lowest BCUT2D eigenvalue weighted by atomic mass is 10.1. The minimum Gasteiger partial charge on any atom is -0.477 e. The number of H-pyrrole nitrogens is 1. The molecule has 0 unspecified atom stereocenters. The van der Waals surface area contributed by atoms with Gasteiger partial charge in [0, 0.05) is 24.6 Å². The number of rotatable bonds is 4. The predicted octanol–water partition coefficient (Wildman–Crippen LogP) is 1.65. The Morgan fingerprint density at radius 2 is 2.15 bits per heavy atom. The first-order chi connectivity index (χ1) is 9.50. The number of aryl methyl sites for hydroxylation is 1. The van der Waals surface area contributed by atoms with Crippen LogP contribution in [0.4, 0.5) is 0 Å². The monoisotopic (exact) mass is 273 g/mol. The number of aromatic nitrogens is 2. The van der Waals surface area contributed by atoms with Crippen molar-refractivity contribution in [2.45, 2.75) is 20.4 Å². The number of nitrogens with one attached hydrogen (secondary N) is 2. The average molecular weight is 273 g/mol. The van der Waals surface area contributed by atoms with Crippen molar-refractivity contribution in [1.82, 2.24) is 15.3 Å². The van der Waals surface area contributed by atoms with Gasteiger partial charge in [0.05, 0.1) is 5.56 Å². The number of carboxylic acid groups (broad SMARTS) is 1. The summed E-state index contributed by atoms with van der Waals surface area (Å²) in [6.45, 7) is 3.64. The summed E-state index contributed by atoms with van der Waals surface area (Å²) in [7, 11) is 0. The summed E-state index contributed by atoms with van der Waals surface area (Å²) in [5.41, 5.74) is 2.30. The molecule has 2 aromatic heterocycles. The van der Waals surface area contributed by atoms with Crippen LogP contribution >= 0.6 is 0 Å². The average Bonchev–Trinajstić information content (AvgIpc) is 2.73. The van der Waals surface area contributed by atoms with Crippen LogP contribution in [-0.2, 0) is 6.54 Å². The third kappa shape index (κ3) is 2.69. The Labute approximate surface area is 115 Å². The van der Waals surface area contributed by atoms with Crippen LogP contribution in [0.2, 0.25) is 0 Å². The second kappa shape index (κ2) is 5.56. The molecule has 2 heterocycles. The lowest BCUT2D eigenvalue weighted by Gasteiger charge is -2.05. The van der Waals surface area contributed by atoms with Crippen LogP contribution in [0, 0.1) is 13.8 Å². The Kier molecular flexibility index (Phi) is 3.84. The smallest absolute Gasteiger partial charge is 0.352 e. The van der Waals surface area contributed by atoms with Crippen molar-refractivity contribution >= 4 is 11.9 Å². The number of amides is 1. The molecule has 0 spiro atoms. The number of nitrogens with zero attached hydrogens (tertiary/aromatic N) is 1. The number of carbonyl (C=O) groups is 2. The molecule has 1 amide bonds. The molecule has 0 radical (unpaired) electrons. The quantitative estimate of drug-likeness (QED) is 0.789. The van der Waals surface area contributed by atoms with Gasteiger partial charge in [-0.3, -0.25) is 9.78 Å². The molecule has 0 saturated heterocycles. The molecule has 2 rings (SSSR count). The van der Waals surface area contributed by atoms with Crippen LogP contribution in [0.1, 0.15) is 37.7 Å². The highest BCUT2D eigenvalue weighted by atomic mass is 16.4. The molecule has 0 atom stereocenters. The van der Waals surface area contributed by atoms with Crippen molar-refractivity contribution in [3.05, 3.63) is 52.6 Å². The number of carbonyl (C=O) groups excluding carboxylic acids is 1. The zero-order chi connectivity index (χ0) is 14.7. The molecule has 104 valence electrons. The van der Waals surface area contributed by atoms with Crippen molar-refractivity contribution in [2.75, 3.05) is 0 Å². The van der Waals surface area contributed by atoms with E-state index in [1.807, 2.05) is 6.07 Å². The highest BCUT2D eigenvalue weighted by Gasteiger charge is 2.21. The van der Waals surface area contributed by atoms with Gasteiger partial charge in [0.25, 0.3) is 5.91 Å². The minimum absolute atomic E-state index is 0.0500. The van der Waals surface area contributed by atoms with E-state index in [4.69, 9.17) is 5.11 Å². The van der Waals surface area contributed by atoms with Gasteiger partial charge in [0.15, 0.2) is 0 Å². The Bertz CT molecular complexity index is 647. The predicted molar refractivity (Wildman–Crippen MR) is 72.6 cm³/mol. The number of pyridine rings is 1. The number of hydrogen-bond acceptors (Lipinski definition) is 3. The fourth-order valence-electron chi connectivity index (χ4n) is 2.08. The van der Waals surface area contributed by atoms with Crippen molar-refractivity contribution in [2.24, 2.45) is 0 Å². The Morgan fingerprint density at radius 1 is 1.40 bits per heavy atom. The molecule has 0 aromatic carbocycles. The standard InChI is InChI=1S/C14H15N3O3/c1-8-11(9(2)17-12(8)14(19)20)13(18)16-7-10-4-3-5-15-6-10/h3-6,17H,7H2,1-2H3,(H,16,18)(H,19,20). The molecule has 20 heavy (non-hydrogen) atoms. The molecular weight excluding hydrogens is 258 g/mol. The van der Waals surface area contributed by atoms with E-state index in [-0.39, 0.29) is 11.6 Å². The van der Waals surface area contributed by atoms with Gasteiger partial charge in [0.2, 0.25) is 0 Å². The maximum atomic E-state index is 12.2. The summed E-state index contributed by atoms with van der Waals surface area (Å²) in [5, 5.41) is 11.8. The SMILES string of the molecule is Cc1[nH]c(C(=O)O)c(C)c1C(=O)NCc1cccnc1. The van der Waals surface area contributed by atoms with E-state index in [9.17, 15) is 9.59 Å². The van der Waals surface area contributed by atoms with Gasteiger partial charge >= 0.3 is 5.97 Å². The molecule has 0 aliphatic rings. The fourth-order valence-corrected chi connectivity index (χ4v) is 2.08. The van der Waals surface area contributed by atoms with Crippen molar-refractivity contribution in [1.29, 1.82) is 0 Å². The minimum atomic E-state index is -1.07. The molecule has 0 fully saturated rings. The second-order valence-corrected chi connectivity index (χ2v) is 4.47. The van der Waals surface area contributed by atoms with E-state index in [0.29, 0.717) is 23.4 Å². The van der Waals surface area contributed by atoms with Gasteiger partial charge < -0.3 is 15.4 Å². The molecule has 0 bridgehead atoms. The summed E-state index contributed by atoms with van der Waals surface area (Å²) in [4.78, 5) is 29.9. The lowest BCUT2D eigenvalue weighted by molar-refractivity contribution is 0.0690. The summed E-state index contributed by atoms with van der Waals surface area (Å²) < 4.78 is 0. The summed E-state index contributed by atoms with van der Waals surface area (Å²) in [6.07, 6.45) is 3.32. The van der Waals surface area contributed by atoms with Gasteiger partial charge in [-0.25, -0.2) is 4.79 Å². The van der Waals surface area contributed by atoms with Crippen molar-refractivity contribution < 1.29 is 14.7 Å². The van der Waals surface area contributed by atoms with E-state index in [0.717, 1.165) is 5.56 Å². The zero-order valence-corrected chi connectivity index (χ0v) is 11.2. The topological polar surface area (TPSA) is 95.1 Å². The van der Waals surface area contributed by atoms with E-state index >= 15 is 0 Å². The maximum absolute atomic E-state index is 12.2. The normalized spacial score (nSPS) is 10.3. The highest BCUT2D eigenvalue weighted by Crippen LogP contribution is 2.17. The van der Waals surface area contributed by atoms with Crippen molar-refractivity contribution in [3.8, 4) is 0 Å². The van der Waals surface area contributed by atoms with E-state index in [1.165, 1.54) is 0 Å². The Hall–Kier alpha value is -2.63. The molecule has 3 N–H and O–H groups in total. The Balaban J connectivity index is 2.16. The van der Waals surface area contributed by atoms with Gasteiger partial charge in [-0.1, -0.05) is 6.07 Å². The summed E-state index contributed by atoms with van der Waals surface area (Å²) >= 11 is 0. The largest absolute Gasteiger partial charge is 0.477 e. The maximum Gasteiger partial charge on any atom is 0.352 e. The van der Waals surface area contributed by atoms with Crippen LogP contribution in [0.3, 0.4) is 0 Å². The molecule has 0 aliphatic heterocycles. The molecule has 2 aromatic rings. The lowest BCUT2D eigenvalue weighted by Crippen LogP contribution is -2.24. The summed E-state index contributed by atoms with van der Waals surface area (Å²) in [5.74, 6) is -1.37. The van der Waals surface area contributed by atoms with E-state index in [1.54, 1.807) is 32.3 Å². The van der Waals surface area contributed by atoms with Gasteiger partial charge in [-0.05, 0) is 31.0 Å². The number of aromatic amines is 1. The third-order valence-electron chi connectivity index (χ3n) is 3.05.